The highest BCUT2D eigenvalue weighted by molar-refractivity contribution is 9.10. The first kappa shape index (κ1) is 14.0. The molecule has 0 aliphatic carbocycles. The predicted octanol–water partition coefficient (Wildman–Crippen LogP) is 1.03. The summed E-state index contributed by atoms with van der Waals surface area (Å²) in [5.41, 5.74) is 0.349. The smallest absolute Gasteiger partial charge is 0.337 e. The number of esters is 1. The third-order valence-corrected chi connectivity index (χ3v) is 2.99. The van der Waals surface area contributed by atoms with Gasteiger partial charge in [0.05, 0.1) is 14.2 Å². The Kier molecular flexibility index (Phi) is 4.92. The fraction of sp³-hybridized carbons (Fsp3) is 0.364. The van der Waals surface area contributed by atoms with E-state index in [9.17, 15) is 15.0 Å². The molecule has 0 radical (unpaired) electrons. The fourth-order valence-corrected chi connectivity index (χ4v) is 1.78. The number of rotatable bonds is 4. The molecule has 0 fully saturated rings. The van der Waals surface area contributed by atoms with Crippen molar-refractivity contribution in [3.05, 3.63) is 28.2 Å². The molecule has 6 heteroatoms. The quantitative estimate of drug-likeness (QED) is 0.813. The largest absolute Gasteiger partial charge is 0.497 e. The zero-order chi connectivity index (χ0) is 13.0. The first-order chi connectivity index (χ1) is 8.01. The molecular weight excluding hydrogens is 292 g/mol. The van der Waals surface area contributed by atoms with Crippen LogP contribution in [0, 0.1) is 0 Å². The van der Waals surface area contributed by atoms with E-state index in [1.807, 2.05) is 0 Å². The standard InChI is InChI=1S/C11H13BrO5/c1-16-6-3-4-8(12)7(5-6)9(13)10(14)11(15)17-2/h3-5,9-10,13-14H,1-2H3. The molecule has 0 amide bonds. The van der Waals surface area contributed by atoms with E-state index in [0.717, 1.165) is 7.11 Å². The van der Waals surface area contributed by atoms with Gasteiger partial charge in [0.25, 0.3) is 0 Å². The summed E-state index contributed by atoms with van der Waals surface area (Å²) in [7, 11) is 2.62. The first-order valence-corrected chi connectivity index (χ1v) is 5.58. The Balaban J connectivity index is 3.02. The van der Waals surface area contributed by atoms with E-state index in [1.54, 1.807) is 12.1 Å². The summed E-state index contributed by atoms with van der Waals surface area (Å²) in [4.78, 5) is 11.1. The van der Waals surface area contributed by atoms with E-state index in [4.69, 9.17) is 4.74 Å². The van der Waals surface area contributed by atoms with Gasteiger partial charge in [0, 0.05) is 10.0 Å². The van der Waals surface area contributed by atoms with Crippen LogP contribution < -0.4 is 4.74 Å². The molecule has 1 aromatic rings. The number of aliphatic hydroxyl groups is 2. The van der Waals surface area contributed by atoms with Gasteiger partial charge in [-0.3, -0.25) is 0 Å². The number of hydrogen-bond acceptors (Lipinski definition) is 5. The number of aliphatic hydroxyl groups excluding tert-OH is 2. The fourth-order valence-electron chi connectivity index (χ4n) is 1.30. The van der Waals surface area contributed by atoms with Crippen molar-refractivity contribution in [1.29, 1.82) is 0 Å². The Morgan fingerprint density at radius 1 is 1.35 bits per heavy atom. The van der Waals surface area contributed by atoms with Crippen LogP contribution in [0.15, 0.2) is 22.7 Å². The van der Waals surface area contributed by atoms with Gasteiger partial charge in [-0.1, -0.05) is 15.9 Å². The zero-order valence-corrected chi connectivity index (χ0v) is 11.0. The monoisotopic (exact) mass is 304 g/mol. The van der Waals surface area contributed by atoms with Crippen molar-refractivity contribution in [3.8, 4) is 5.75 Å². The molecule has 0 saturated heterocycles. The van der Waals surface area contributed by atoms with Gasteiger partial charge >= 0.3 is 5.97 Å². The maximum absolute atomic E-state index is 11.1. The Bertz CT molecular complexity index is 407. The number of carbonyl (C=O) groups excluding carboxylic acids is 1. The van der Waals surface area contributed by atoms with Crippen LogP contribution in [0.4, 0.5) is 0 Å². The Morgan fingerprint density at radius 2 is 2.00 bits per heavy atom. The van der Waals surface area contributed by atoms with E-state index in [-0.39, 0.29) is 0 Å². The van der Waals surface area contributed by atoms with Crippen LogP contribution in [0.1, 0.15) is 11.7 Å². The zero-order valence-electron chi connectivity index (χ0n) is 9.38. The van der Waals surface area contributed by atoms with E-state index in [0.29, 0.717) is 15.8 Å². The Hall–Kier alpha value is -1.11. The molecule has 0 saturated carbocycles. The van der Waals surface area contributed by atoms with Crippen LogP contribution in [-0.4, -0.2) is 36.5 Å². The highest BCUT2D eigenvalue weighted by Crippen LogP contribution is 2.29. The van der Waals surface area contributed by atoms with Crippen LogP contribution in [0.3, 0.4) is 0 Å². The van der Waals surface area contributed by atoms with Crippen LogP contribution in [0.5, 0.6) is 5.75 Å². The molecule has 2 unspecified atom stereocenters. The molecule has 2 N–H and O–H groups in total. The lowest BCUT2D eigenvalue weighted by Crippen LogP contribution is -2.29. The minimum atomic E-state index is -1.64. The van der Waals surface area contributed by atoms with Crippen LogP contribution in [-0.2, 0) is 9.53 Å². The lowest BCUT2D eigenvalue weighted by molar-refractivity contribution is -0.156. The van der Waals surface area contributed by atoms with Crippen molar-refractivity contribution >= 4 is 21.9 Å². The number of ether oxygens (including phenoxy) is 2. The van der Waals surface area contributed by atoms with Crippen molar-refractivity contribution in [3.63, 3.8) is 0 Å². The maximum atomic E-state index is 11.1. The third-order valence-electron chi connectivity index (χ3n) is 2.26. The second-order valence-electron chi connectivity index (χ2n) is 3.30. The maximum Gasteiger partial charge on any atom is 0.337 e. The van der Waals surface area contributed by atoms with Crippen molar-refractivity contribution in [2.24, 2.45) is 0 Å². The average Bonchev–Trinajstić information content (AvgIpc) is 2.36. The second kappa shape index (κ2) is 6.00. The van der Waals surface area contributed by atoms with Gasteiger partial charge in [-0.2, -0.15) is 0 Å². The normalized spacial score (nSPS) is 13.9. The molecule has 94 valence electrons. The molecule has 5 nitrogen and oxygen atoms in total. The molecule has 17 heavy (non-hydrogen) atoms. The summed E-state index contributed by atoms with van der Waals surface area (Å²) in [5.74, 6) is -0.383. The molecule has 1 aromatic carbocycles. The lowest BCUT2D eigenvalue weighted by Gasteiger charge is -2.17. The van der Waals surface area contributed by atoms with Gasteiger partial charge in [0.2, 0.25) is 0 Å². The van der Waals surface area contributed by atoms with Gasteiger partial charge in [0.1, 0.15) is 11.9 Å². The van der Waals surface area contributed by atoms with Crippen molar-refractivity contribution in [2.75, 3.05) is 14.2 Å². The molecule has 0 aromatic heterocycles. The minimum Gasteiger partial charge on any atom is -0.497 e. The summed E-state index contributed by atoms with van der Waals surface area (Å²) in [5, 5.41) is 19.4. The molecule has 0 aliphatic heterocycles. The Labute approximate surface area is 107 Å². The minimum absolute atomic E-state index is 0.349. The van der Waals surface area contributed by atoms with Gasteiger partial charge in [0.15, 0.2) is 6.10 Å². The average molecular weight is 305 g/mol. The predicted molar refractivity (Wildman–Crippen MR) is 63.7 cm³/mol. The molecular formula is C11H13BrO5. The highest BCUT2D eigenvalue weighted by atomic mass is 79.9. The molecule has 0 aliphatic rings. The van der Waals surface area contributed by atoms with Crippen molar-refractivity contribution < 1.29 is 24.5 Å². The van der Waals surface area contributed by atoms with Gasteiger partial charge in [-0.25, -0.2) is 4.79 Å². The second-order valence-corrected chi connectivity index (χ2v) is 4.15. The first-order valence-electron chi connectivity index (χ1n) is 4.78. The summed E-state index contributed by atoms with van der Waals surface area (Å²) in [6.45, 7) is 0. The molecule has 2 atom stereocenters. The van der Waals surface area contributed by atoms with Crippen LogP contribution in [0.25, 0.3) is 0 Å². The van der Waals surface area contributed by atoms with E-state index in [2.05, 4.69) is 20.7 Å². The van der Waals surface area contributed by atoms with E-state index < -0.39 is 18.2 Å². The van der Waals surface area contributed by atoms with Crippen molar-refractivity contribution in [2.45, 2.75) is 12.2 Å². The van der Waals surface area contributed by atoms with Crippen LogP contribution in [0.2, 0.25) is 0 Å². The van der Waals surface area contributed by atoms with Crippen LogP contribution >= 0.6 is 15.9 Å². The Morgan fingerprint density at radius 3 is 2.53 bits per heavy atom. The number of hydrogen-bond donors (Lipinski definition) is 2. The van der Waals surface area contributed by atoms with Crippen molar-refractivity contribution in [1.82, 2.24) is 0 Å². The number of halogens is 1. The molecule has 0 spiro atoms. The summed E-state index contributed by atoms with van der Waals surface area (Å²) < 4.78 is 9.92. The van der Waals surface area contributed by atoms with E-state index >= 15 is 0 Å². The third kappa shape index (κ3) is 3.18. The summed E-state index contributed by atoms with van der Waals surface area (Å²) >= 11 is 3.22. The molecule has 0 bridgehead atoms. The summed E-state index contributed by atoms with van der Waals surface area (Å²) in [6.07, 6.45) is -3.02. The van der Waals surface area contributed by atoms with E-state index in [1.165, 1.54) is 13.2 Å². The number of benzene rings is 1. The van der Waals surface area contributed by atoms with Gasteiger partial charge in [-0.05, 0) is 18.2 Å². The SMILES string of the molecule is COC(=O)C(O)C(O)c1cc(OC)ccc1Br. The van der Waals surface area contributed by atoms with Gasteiger partial charge in [-0.15, -0.1) is 0 Å². The van der Waals surface area contributed by atoms with Gasteiger partial charge < -0.3 is 19.7 Å². The summed E-state index contributed by atoms with van der Waals surface area (Å²) in [6, 6.07) is 4.87. The lowest BCUT2D eigenvalue weighted by atomic mass is 10.0. The topological polar surface area (TPSA) is 76.0 Å². The molecule has 1 rings (SSSR count). The molecule has 0 heterocycles. The number of methoxy groups -OCH3 is 2. The highest BCUT2D eigenvalue weighted by Gasteiger charge is 2.28. The number of carbonyl (C=O) groups is 1.